The van der Waals surface area contributed by atoms with Crippen molar-refractivity contribution in [2.45, 2.75) is 19.8 Å². The molecular weight excluding hydrogens is 290 g/mol. The van der Waals surface area contributed by atoms with Gasteiger partial charge in [0.25, 0.3) is 0 Å². The van der Waals surface area contributed by atoms with E-state index in [9.17, 15) is 0 Å². The fraction of sp³-hybridized carbons (Fsp3) is 0.500. The summed E-state index contributed by atoms with van der Waals surface area (Å²) < 4.78 is 2.07. The minimum atomic E-state index is 0.703. The fourth-order valence-electron chi connectivity index (χ4n) is 2.92. The number of allylic oxidation sites excluding steroid dienone is 1. The highest BCUT2D eigenvalue weighted by Crippen LogP contribution is 2.20. The standard InChI is InChI=1S/C16H25N7/c1-12(9-22-17-2)14-11-21-16-15(19-7-8-23(14)16)20-10-13-3-5-18-6-4-13/h7-9,11,13,17-18,22H,3-6,10H2,1-2H3,(H,19,20)/b12-9+. The lowest BCUT2D eigenvalue weighted by atomic mass is 9.98. The zero-order valence-electron chi connectivity index (χ0n) is 13.8. The zero-order valence-corrected chi connectivity index (χ0v) is 13.8. The van der Waals surface area contributed by atoms with E-state index >= 15 is 0 Å². The molecule has 7 nitrogen and oxygen atoms in total. The summed E-state index contributed by atoms with van der Waals surface area (Å²) >= 11 is 0. The van der Waals surface area contributed by atoms with Gasteiger partial charge in [-0.25, -0.2) is 15.4 Å². The van der Waals surface area contributed by atoms with E-state index in [1.54, 1.807) is 0 Å². The molecule has 1 aliphatic heterocycles. The van der Waals surface area contributed by atoms with Gasteiger partial charge < -0.3 is 16.1 Å². The van der Waals surface area contributed by atoms with Gasteiger partial charge in [0.2, 0.25) is 0 Å². The van der Waals surface area contributed by atoms with E-state index in [1.807, 2.05) is 31.8 Å². The van der Waals surface area contributed by atoms with Gasteiger partial charge in [-0.15, -0.1) is 0 Å². The van der Waals surface area contributed by atoms with Crippen molar-refractivity contribution in [3.8, 4) is 0 Å². The normalized spacial score (nSPS) is 16.7. The summed E-state index contributed by atoms with van der Waals surface area (Å²) in [5, 5.41) is 6.88. The first-order valence-electron chi connectivity index (χ1n) is 8.15. The van der Waals surface area contributed by atoms with Crippen molar-refractivity contribution in [2.75, 3.05) is 32.0 Å². The van der Waals surface area contributed by atoms with E-state index < -0.39 is 0 Å². The molecule has 2 aromatic heterocycles. The van der Waals surface area contributed by atoms with Crippen LogP contribution in [0.25, 0.3) is 11.2 Å². The van der Waals surface area contributed by atoms with Crippen molar-refractivity contribution < 1.29 is 0 Å². The Balaban J connectivity index is 1.78. The molecule has 0 amide bonds. The van der Waals surface area contributed by atoms with Gasteiger partial charge in [-0.2, -0.15) is 0 Å². The molecule has 1 saturated heterocycles. The van der Waals surface area contributed by atoms with E-state index in [1.165, 1.54) is 12.8 Å². The number of aromatic nitrogens is 3. The van der Waals surface area contributed by atoms with Gasteiger partial charge in [-0.1, -0.05) is 0 Å². The highest BCUT2D eigenvalue weighted by molar-refractivity contribution is 5.69. The van der Waals surface area contributed by atoms with Crippen LogP contribution in [-0.2, 0) is 0 Å². The van der Waals surface area contributed by atoms with Gasteiger partial charge in [0.15, 0.2) is 11.5 Å². The molecule has 0 aromatic carbocycles. The molecule has 3 heterocycles. The van der Waals surface area contributed by atoms with Gasteiger partial charge in [-0.05, 0) is 44.3 Å². The minimum Gasteiger partial charge on any atom is -0.367 e. The van der Waals surface area contributed by atoms with Crippen LogP contribution in [0, 0.1) is 5.92 Å². The Bertz CT molecular complexity index is 670. The molecule has 0 saturated carbocycles. The molecule has 0 bridgehead atoms. The Kier molecular flexibility index (Phi) is 5.09. The van der Waals surface area contributed by atoms with Gasteiger partial charge in [0.05, 0.1) is 11.9 Å². The summed E-state index contributed by atoms with van der Waals surface area (Å²) in [6.45, 7) is 5.23. The summed E-state index contributed by atoms with van der Waals surface area (Å²) in [5.41, 5.74) is 8.90. The van der Waals surface area contributed by atoms with Crippen LogP contribution in [0.3, 0.4) is 0 Å². The maximum absolute atomic E-state index is 4.55. The number of nitrogens with zero attached hydrogens (tertiary/aromatic N) is 3. The number of piperidine rings is 1. The van der Waals surface area contributed by atoms with Crippen molar-refractivity contribution in [1.82, 2.24) is 30.5 Å². The average Bonchev–Trinajstić information content (AvgIpc) is 3.03. The Labute approximate surface area is 136 Å². The van der Waals surface area contributed by atoms with Crippen molar-refractivity contribution in [1.29, 1.82) is 0 Å². The first-order valence-corrected chi connectivity index (χ1v) is 8.15. The van der Waals surface area contributed by atoms with E-state index in [4.69, 9.17) is 0 Å². The van der Waals surface area contributed by atoms with E-state index in [-0.39, 0.29) is 0 Å². The smallest absolute Gasteiger partial charge is 0.180 e. The number of anilines is 1. The number of hydrazine groups is 1. The second-order valence-electron chi connectivity index (χ2n) is 5.91. The van der Waals surface area contributed by atoms with Crippen molar-refractivity contribution >= 4 is 17.0 Å². The van der Waals surface area contributed by atoms with Crippen LogP contribution in [-0.4, -0.2) is 41.1 Å². The van der Waals surface area contributed by atoms with Crippen LogP contribution in [0.4, 0.5) is 5.82 Å². The van der Waals surface area contributed by atoms with Crippen molar-refractivity contribution in [2.24, 2.45) is 5.92 Å². The molecule has 0 atom stereocenters. The van der Waals surface area contributed by atoms with E-state index in [2.05, 4.69) is 42.8 Å². The molecule has 0 aliphatic carbocycles. The summed E-state index contributed by atoms with van der Waals surface area (Å²) in [6.07, 6.45) is 10.0. The van der Waals surface area contributed by atoms with Crippen molar-refractivity contribution in [3.63, 3.8) is 0 Å². The monoisotopic (exact) mass is 315 g/mol. The number of imidazole rings is 1. The molecule has 0 unspecified atom stereocenters. The molecule has 3 rings (SSSR count). The number of rotatable bonds is 6. The number of hydrogen-bond acceptors (Lipinski definition) is 6. The molecule has 0 spiro atoms. The minimum absolute atomic E-state index is 0.703. The third-order valence-corrected chi connectivity index (χ3v) is 4.28. The SMILES string of the molecule is CNN/C=C(\C)c1cnc2c(NCC3CCNCC3)nccn12. The highest BCUT2D eigenvalue weighted by Gasteiger charge is 2.14. The zero-order chi connectivity index (χ0) is 16.1. The highest BCUT2D eigenvalue weighted by atomic mass is 15.3. The first-order chi connectivity index (χ1) is 11.3. The van der Waals surface area contributed by atoms with Crippen LogP contribution in [0.1, 0.15) is 25.5 Å². The molecule has 7 heteroatoms. The second-order valence-corrected chi connectivity index (χ2v) is 5.91. The van der Waals surface area contributed by atoms with Crippen LogP contribution in [0.5, 0.6) is 0 Å². The maximum atomic E-state index is 4.55. The van der Waals surface area contributed by atoms with E-state index in [0.29, 0.717) is 5.92 Å². The number of hydrogen-bond donors (Lipinski definition) is 4. The van der Waals surface area contributed by atoms with Crippen molar-refractivity contribution in [3.05, 3.63) is 30.5 Å². The third-order valence-electron chi connectivity index (χ3n) is 4.28. The van der Waals surface area contributed by atoms with Gasteiger partial charge in [0.1, 0.15) is 0 Å². The lowest BCUT2D eigenvalue weighted by Gasteiger charge is -2.23. The van der Waals surface area contributed by atoms with Crippen LogP contribution in [0.15, 0.2) is 24.8 Å². The summed E-state index contributed by atoms with van der Waals surface area (Å²) in [5.74, 6) is 1.56. The predicted molar refractivity (Wildman–Crippen MR) is 92.9 cm³/mol. The summed E-state index contributed by atoms with van der Waals surface area (Å²) in [4.78, 5) is 9.02. The summed E-state index contributed by atoms with van der Waals surface area (Å²) in [6, 6.07) is 0. The quantitative estimate of drug-likeness (QED) is 0.601. The fourth-order valence-corrected chi connectivity index (χ4v) is 2.92. The molecular formula is C16H25N7. The molecule has 23 heavy (non-hydrogen) atoms. The second kappa shape index (κ2) is 7.43. The van der Waals surface area contributed by atoms with Gasteiger partial charge in [-0.3, -0.25) is 4.40 Å². The van der Waals surface area contributed by atoms with Gasteiger partial charge in [0, 0.05) is 32.2 Å². The lowest BCUT2D eigenvalue weighted by Crippen LogP contribution is -2.31. The van der Waals surface area contributed by atoms with Crippen LogP contribution >= 0.6 is 0 Å². The number of fused-ring (bicyclic) bond motifs is 1. The average molecular weight is 315 g/mol. The predicted octanol–water partition coefficient (Wildman–Crippen LogP) is 1.23. The maximum Gasteiger partial charge on any atom is 0.180 e. The van der Waals surface area contributed by atoms with E-state index in [0.717, 1.165) is 42.4 Å². The molecule has 1 fully saturated rings. The molecule has 1 aliphatic rings. The lowest BCUT2D eigenvalue weighted by molar-refractivity contribution is 0.389. The Morgan fingerprint density at radius 2 is 2.22 bits per heavy atom. The Morgan fingerprint density at radius 3 is 3.00 bits per heavy atom. The Hall–Kier alpha value is -2.12. The van der Waals surface area contributed by atoms with Crippen LogP contribution < -0.4 is 21.5 Å². The topological polar surface area (TPSA) is 78.3 Å². The van der Waals surface area contributed by atoms with Gasteiger partial charge >= 0.3 is 0 Å². The third kappa shape index (κ3) is 3.62. The Morgan fingerprint density at radius 1 is 1.39 bits per heavy atom. The first kappa shape index (κ1) is 15.8. The van der Waals surface area contributed by atoms with Crippen LogP contribution in [0.2, 0.25) is 0 Å². The molecule has 4 N–H and O–H groups in total. The molecule has 124 valence electrons. The largest absolute Gasteiger partial charge is 0.367 e. The summed E-state index contributed by atoms with van der Waals surface area (Å²) in [7, 11) is 1.84. The molecule has 2 aromatic rings. The molecule has 0 radical (unpaired) electrons. The number of nitrogens with one attached hydrogen (secondary N) is 4.